The van der Waals surface area contributed by atoms with Gasteiger partial charge >= 0.3 is 0 Å². The average Bonchev–Trinajstić information content (AvgIpc) is 3.57. The van der Waals surface area contributed by atoms with Gasteiger partial charge in [-0.25, -0.2) is 0 Å². The Bertz CT molecular complexity index is 3390. The Kier molecular flexibility index (Phi) is 6.42. The van der Waals surface area contributed by atoms with E-state index in [0.717, 1.165) is 33.4 Å². The van der Waals surface area contributed by atoms with Crippen LogP contribution in [-0.2, 0) is 5.41 Å². The second-order valence-electron chi connectivity index (χ2n) is 16.3. The zero-order valence-electron chi connectivity index (χ0n) is 31.9. The molecule has 0 fully saturated rings. The van der Waals surface area contributed by atoms with Crippen LogP contribution in [-0.4, -0.2) is 10.2 Å². The summed E-state index contributed by atoms with van der Waals surface area (Å²) < 4.78 is 0. The molecule has 1 aliphatic rings. The van der Waals surface area contributed by atoms with Crippen LogP contribution in [0.25, 0.3) is 98.0 Å². The lowest BCUT2D eigenvalue weighted by molar-refractivity contribution is 0.475. The molecule has 0 atom stereocenters. The number of hydrogen-bond acceptors (Lipinski definition) is 2. The highest BCUT2D eigenvalue weighted by Gasteiger charge is 2.46. The molecule has 12 aromatic rings. The summed E-state index contributed by atoms with van der Waals surface area (Å²) in [7, 11) is 0. The van der Waals surface area contributed by atoms with Crippen molar-refractivity contribution in [2.45, 2.75) is 5.41 Å². The summed E-state index contributed by atoms with van der Waals surface area (Å²) in [4.78, 5) is 0. The topological polar surface area (TPSA) is 40.5 Å². The Hall–Kier alpha value is -7.68. The summed E-state index contributed by atoms with van der Waals surface area (Å²) in [5.41, 5.74) is 10.8. The third-order valence-corrected chi connectivity index (χ3v) is 13.4. The first-order valence-corrected chi connectivity index (χ1v) is 20.3. The lowest BCUT2D eigenvalue weighted by Crippen LogP contribution is -2.28. The molecule has 1 aliphatic carbocycles. The number of hydrogen-bond donors (Lipinski definition) is 2. The SMILES string of the molecule is Oc1ccc(C2(c3ccc(O)cc3)c3ccc(-c4ccc5ccc6cccc7ccc4c5c67)cc3-c3cc(-c4ccc5ccc6cccc7ccc4c5c67)ccc32)cc1. The summed E-state index contributed by atoms with van der Waals surface area (Å²) in [6.07, 6.45) is 0. The fourth-order valence-corrected chi connectivity index (χ4v) is 10.9. The van der Waals surface area contributed by atoms with E-state index < -0.39 is 5.41 Å². The zero-order chi connectivity index (χ0) is 39.0. The fourth-order valence-electron chi connectivity index (χ4n) is 10.9. The monoisotopic (exact) mass is 750 g/mol. The molecular weight excluding hydrogens is 717 g/mol. The molecule has 0 bridgehead atoms. The van der Waals surface area contributed by atoms with Crippen molar-refractivity contribution in [2.75, 3.05) is 0 Å². The van der Waals surface area contributed by atoms with Gasteiger partial charge in [-0.2, -0.15) is 0 Å². The average molecular weight is 751 g/mol. The van der Waals surface area contributed by atoms with Crippen LogP contribution in [0, 0.1) is 0 Å². The molecule has 0 aromatic heterocycles. The second kappa shape index (κ2) is 11.7. The largest absolute Gasteiger partial charge is 0.508 e. The van der Waals surface area contributed by atoms with Gasteiger partial charge in [0.25, 0.3) is 0 Å². The minimum Gasteiger partial charge on any atom is -0.508 e. The van der Waals surface area contributed by atoms with Gasteiger partial charge in [0.2, 0.25) is 0 Å². The van der Waals surface area contributed by atoms with Crippen LogP contribution in [0.15, 0.2) is 194 Å². The van der Waals surface area contributed by atoms with Crippen molar-refractivity contribution < 1.29 is 10.2 Å². The van der Waals surface area contributed by atoms with E-state index in [1.165, 1.54) is 86.9 Å². The Morgan fingerprint density at radius 3 is 1.05 bits per heavy atom. The smallest absolute Gasteiger partial charge is 0.115 e. The van der Waals surface area contributed by atoms with Gasteiger partial charge < -0.3 is 10.2 Å². The highest BCUT2D eigenvalue weighted by molar-refractivity contribution is 6.27. The lowest BCUT2D eigenvalue weighted by Gasteiger charge is -2.34. The van der Waals surface area contributed by atoms with Gasteiger partial charge in [-0.15, -0.1) is 0 Å². The van der Waals surface area contributed by atoms with Gasteiger partial charge in [0, 0.05) is 0 Å². The molecule has 0 amide bonds. The number of aromatic hydroxyl groups is 2. The van der Waals surface area contributed by atoms with Crippen molar-refractivity contribution in [3.63, 3.8) is 0 Å². The maximum atomic E-state index is 10.6. The van der Waals surface area contributed by atoms with Crippen molar-refractivity contribution in [1.29, 1.82) is 0 Å². The van der Waals surface area contributed by atoms with Crippen LogP contribution >= 0.6 is 0 Å². The van der Waals surface area contributed by atoms with E-state index >= 15 is 0 Å². The van der Waals surface area contributed by atoms with E-state index in [4.69, 9.17) is 0 Å². The van der Waals surface area contributed by atoms with E-state index in [0.29, 0.717) is 0 Å². The molecule has 0 saturated heterocycles. The number of phenols is 2. The highest BCUT2D eigenvalue weighted by atomic mass is 16.3. The van der Waals surface area contributed by atoms with Gasteiger partial charge in [0.05, 0.1) is 5.41 Å². The number of rotatable bonds is 4. The predicted octanol–water partition coefficient (Wildman–Crippen LogP) is 14.6. The molecule has 0 radical (unpaired) electrons. The summed E-state index contributed by atoms with van der Waals surface area (Å²) in [5.74, 6) is 0.448. The van der Waals surface area contributed by atoms with Crippen molar-refractivity contribution >= 4 is 64.6 Å². The van der Waals surface area contributed by atoms with Crippen LogP contribution in [0.1, 0.15) is 22.3 Å². The first-order chi connectivity index (χ1) is 29.0. The quantitative estimate of drug-likeness (QED) is 0.176. The molecule has 2 heteroatoms. The summed E-state index contributed by atoms with van der Waals surface area (Å²) in [6, 6.07) is 69.7. The number of fused-ring (bicyclic) bond motifs is 3. The van der Waals surface area contributed by atoms with E-state index in [2.05, 4.69) is 146 Å². The number of phenolic OH excluding ortho intramolecular Hbond substituents is 2. The summed E-state index contributed by atoms with van der Waals surface area (Å²) in [6.45, 7) is 0. The highest BCUT2D eigenvalue weighted by Crippen LogP contribution is 2.58. The molecule has 2 N–H and O–H groups in total. The third-order valence-electron chi connectivity index (χ3n) is 13.4. The third kappa shape index (κ3) is 4.35. The minimum absolute atomic E-state index is 0.224. The second-order valence-corrected chi connectivity index (χ2v) is 16.3. The summed E-state index contributed by atoms with van der Waals surface area (Å²) >= 11 is 0. The van der Waals surface area contributed by atoms with Crippen molar-refractivity contribution in [3.05, 3.63) is 216 Å². The van der Waals surface area contributed by atoms with Crippen LogP contribution < -0.4 is 0 Å². The minimum atomic E-state index is -0.714. The maximum absolute atomic E-state index is 10.6. The lowest BCUT2D eigenvalue weighted by atomic mass is 9.67. The van der Waals surface area contributed by atoms with E-state index in [1.807, 2.05) is 24.3 Å². The van der Waals surface area contributed by atoms with Crippen LogP contribution in [0.5, 0.6) is 11.5 Å². The molecule has 0 saturated carbocycles. The Morgan fingerprint density at radius 1 is 0.288 bits per heavy atom. The number of benzene rings is 12. The summed E-state index contributed by atoms with van der Waals surface area (Å²) in [5, 5.41) is 36.3. The fraction of sp³-hybridized carbons (Fsp3) is 0.0175. The normalized spacial score (nSPS) is 13.4. The zero-order valence-corrected chi connectivity index (χ0v) is 31.9. The van der Waals surface area contributed by atoms with Crippen molar-refractivity contribution in [2.24, 2.45) is 0 Å². The molecule has 0 aliphatic heterocycles. The predicted molar refractivity (Wildman–Crippen MR) is 245 cm³/mol. The molecule has 0 spiro atoms. The van der Waals surface area contributed by atoms with Crippen LogP contribution in [0.2, 0.25) is 0 Å². The molecule has 0 heterocycles. The van der Waals surface area contributed by atoms with Crippen molar-refractivity contribution in [3.8, 4) is 44.9 Å². The van der Waals surface area contributed by atoms with Gasteiger partial charge in [0.1, 0.15) is 11.5 Å². The Labute approximate surface area is 340 Å². The van der Waals surface area contributed by atoms with Gasteiger partial charge in [-0.1, -0.05) is 158 Å². The molecule has 2 nitrogen and oxygen atoms in total. The Balaban J connectivity index is 1.10. The van der Waals surface area contributed by atoms with Crippen molar-refractivity contribution in [1.82, 2.24) is 0 Å². The first-order valence-electron chi connectivity index (χ1n) is 20.3. The molecule has 59 heavy (non-hydrogen) atoms. The maximum Gasteiger partial charge on any atom is 0.115 e. The van der Waals surface area contributed by atoms with Gasteiger partial charge in [-0.3, -0.25) is 0 Å². The molecule has 274 valence electrons. The first kappa shape index (κ1) is 32.4. The standard InChI is InChI=1S/C57H34O2/c58-43-21-17-41(18-22-43)57(42-19-23-44(59)24-20-42)51-29-15-39(45-25-11-37-9-7-33-3-1-5-35-13-27-47(45)55(37)53(33)35)31-49(51)50-32-40(16-30-52(50)57)46-26-12-38-10-8-34-4-2-6-36-14-28-48(46)56(38)54(34)36/h1-32,58-59H. The van der Waals surface area contributed by atoms with Gasteiger partial charge in [-0.05, 0) is 157 Å². The Morgan fingerprint density at radius 2 is 0.644 bits per heavy atom. The molecular formula is C57H34O2. The van der Waals surface area contributed by atoms with E-state index in [9.17, 15) is 10.2 Å². The van der Waals surface area contributed by atoms with Gasteiger partial charge in [0.15, 0.2) is 0 Å². The van der Waals surface area contributed by atoms with Crippen LogP contribution in [0.4, 0.5) is 0 Å². The molecule has 12 aromatic carbocycles. The van der Waals surface area contributed by atoms with E-state index in [1.54, 1.807) is 24.3 Å². The molecule has 13 rings (SSSR count). The van der Waals surface area contributed by atoms with Crippen LogP contribution in [0.3, 0.4) is 0 Å². The molecule has 0 unspecified atom stereocenters. The van der Waals surface area contributed by atoms with E-state index in [-0.39, 0.29) is 11.5 Å².